The number of nitrogens with one attached hydrogen (secondary N) is 1. The second-order valence-corrected chi connectivity index (χ2v) is 13.0. The summed E-state index contributed by atoms with van der Waals surface area (Å²) in [5, 5.41) is 3.00. The fourth-order valence-electron chi connectivity index (χ4n) is 5.04. The van der Waals surface area contributed by atoms with E-state index in [-0.39, 0.29) is 6.09 Å². The van der Waals surface area contributed by atoms with E-state index in [9.17, 15) is 4.79 Å². The summed E-state index contributed by atoms with van der Waals surface area (Å²) in [6.45, 7) is 19.1. The SMILES string of the molecule is C=CC(CC/C=C/CC(CC)c1ccccc1)CC(C)CCSCCOC(=O)NC(C)(C)c1cccc(C(=C)C)c1. The first-order chi connectivity index (χ1) is 19.7. The largest absolute Gasteiger partial charge is 0.449 e. The number of carbonyl (C=O) groups is 1. The van der Waals surface area contributed by atoms with Gasteiger partial charge in [-0.15, -0.1) is 6.58 Å². The Morgan fingerprint density at radius 1 is 1.07 bits per heavy atom. The number of alkyl carbamates (subject to hydrolysis) is 1. The third kappa shape index (κ3) is 13.2. The Morgan fingerprint density at radius 3 is 2.51 bits per heavy atom. The molecule has 0 radical (unpaired) electrons. The molecule has 0 fully saturated rings. The quantitative estimate of drug-likeness (QED) is 0.134. The van der Waals surface area contributed by atoms with Gasteiger partial charge in [-0.2, -0.15) is 11.8 Å². The van der Waals surface area contributed by atoms with E-state index >= 15 is 0 Å². The number of carbonyl (C=O) groups excluding carboxylic acids is 1. The van der Waals surface area contributed by atoms with E-state index in [2.05, 4.69) is 86.9 Å². The molecule has 3 atom stereocenters. The minimum atomic E-state index is -0.525. The van der Waals surface area contributed by atoms with Gasteiger partial charge in [0.2, 0.25) is 0 Å². The van der Waals surface area contributed by atoms with Crippen molar-refractivity contribution in [3.63, 3.8) is 0 Å². The molecule has 0 aliphatic rings. The highest BCUT2D eigenvalue weighted by atomic mass is 32.2. The number of hydrogen-bond donors (Lipinski definition) is 1. The van der Waals surface area contributed by atoms with Crippen LogP contribution < -0.4 is 5.32 Å². The molecule has 0 saturated heterocycles. The molecule has 41 heavy (non-hydrogen) atoms. The van der Waals surface area contributed by atoms with Crippen molar-refractivity contribution in [3.8, 4) is 0 Å². The van der Waals surface area contributed by atoms with Crippen LogP contribution in [0.15, 0.2) is 86.0 Å². The smallest absolute Gasteiger partial charge is 0.407 e. The van der Waals surface area contributed by atoms with Gasteiger partial charge in [-0.05, 0) is 106 Å². The average molecular weight is 576 g/mol. The minimum Gasteiger partial charge on any atom is -0.449 e. The lowest BCUT2D eigenvalue weighted by molar-refractivity contribution is 0.142. The zero-order valence-electron chi connectivity index (χ0n) is 26.2. The van der Waals surface area contributed by atoms with Gasteiger partial charge in [0, 0.05) is 5.75 Å². The predicted molar refractivity (Wildman–Crippen MR) is 181 cm³/mol. The van der Waals surface area contributed by atoms with Gasteiger partial charge in [0.05, 0.1) is 5.54 Å². The molecule has 1 N–H and O–H groups in total. The first-order valence-electron chi connectivity index (χ1n) is 15.3. The van der Waals surface area contributed by atoms with Crippen molar-refractivity contribution < 1.29 is 9.53 Å². The molecule has 0 bridgehead atoms. The molecule has 3 unspecified atom stereocenters. The van der Waals surface area contributed by atoms with E-state index < -0.39 is 5.54 Å². The molecule has 0 aliphatic heterocycles. The molecular formula is C37H53NO2S. The van der Waals surface area contributed by atoms with Crippen LogP contribution in [0.5, 0.6) is 0 Å². The summed E-state index contributed by atoms with van der Waals surface area (Å²) < 4.78 is 5.47. The molecule has 2 aromatic rings. The van der Waals surface area contributed by atoms with Crippen LogP contribution in [0.2, 0.25) is 0 Å². The van der Waals surface area contributed by atoms with E-state index in [4.69, 9.17) is 4.74 Å². The number of rotatable bonds is 19. The molecule has 0 aromatic heterocycles. The van der Waals surface area contributed by atoms with Gasteiger partial charge in [-0.1, -0.05) is 92.8 Å². The zero-order chi connectivity index (χ0) is 30.1. The van der Waals surface area contributed by atoms with Crippen molar-refractivity contribution in [1.29, 1.82) is 0 Å². The second-order valence-electron chi connectivity index (χ2n) is 11.8. The lowest BCUT2D eigenvalue weighted by atomic mass is 9.90. The van der Waals surface area contributed by atoms with Crippen LogP contribution in [0.3, 0.4) is 0 Å². The van der Waals surface area contributed by atoms with E-state index in [1.54, 1.807) is 0 Å². The monoisotopic (exact) mass is 575 g/mol. The number of benzene rings is 2. The predicted octanol–water partition coefficient (Wildman–Crippen LogP) is 10.6. The topological polar surface area (TPSA) is 38.3 Å². The number of hydrogen-bond acceptors (Lipinski definition) is 3. The molecule has 0 saturated carbocycles. The van der Waals surface area contributed by atoms with Gasteiger partial charge in [-0.25, -0.2) is 4.79 Å². The highest BCUT2D eigenvalue weighted by Gasteiger charge is 2.24. The Balaban J connectivity index is 1.59. The van der Waals surface area contributed by atoms with Crippen molar-refractivity contribution >= 4 is 23.4 Å². The lowest BCUT2D eigenvalue weighted by Crippen LogP contribution is -2.41. The molecular weight excluding hydrogens is 522 g/mol. The summed E-state index contributed by atoms with van der Waals surface area (Å²) >= 11 is 1.85. The fraction of sp³-hybridized carbons (Fsp3) is 0.486. The molecule has 0 heterocycles. The van der Waals surface area contributed by atoms with E-state index in [0.29, 0.717) is 24.4 Å². The summed E-state index contributed by atoms with van der Waals surface area (Å²) in [4.78, 5) is 12.4. The van der Waals surface area contributed by atoms with Crippen LogP contribution >= 0.6 is 11.8 Å². The van der Waals surface area contributed by atoms with E-state index in [0.717, 1.165) is 47.5 Å². The summed E-state index contributed by atoms with van der Waals surface area (Å²) in [5.74, 6) is 3.70. The summed E-state index contributed by atoms with van der Waals surface area (Å²) in [6, 6.07) is 19.0. The maximum absolute atomic E-state index is 12.4. The molecule has 3 nitrogen and oxygen atoms in total. The van der Waals surface area contributed by atoms with Crippen molar-refractivity contribution in [2.45, 2.75) is 84.6 Å². The van der Waals surface area contributed by atoms with Gasteiger partial charge in [0.1, 0.15) is 6.61 Å². The van der Waals surface area contributed by atoms with Gasteiger partial charge in [0.15, 0.2) is 0 Å². The maximum atomic E-state index is 12.4. The standard InChI is InChI=1S/C37H53NO2S/c1-8-31(17-12-10-13-18-32(9-2)33-19-14-11-15-20-33)27-30(5)23-25-41-26-24-40-36(39)38-37(6,7)35-22-16-21-34(28-35)29(3)4/h8,10-11,13-16,19-22,28,30-32H,1,3,9,12,17-18,23-27H2,2,4-7H3,(H,38,39)/b13-10+. The van der Waals surface area contributed by atoms with Crippen molar-refractivity contribution in [1.82, 2.24) is 5.32 Å². The summed E-state index contributed by atoms with van der Waals surface area (Å²) in [5.41, 5.74) is 4.02. The van der Waals surface area contributed by atoms with Crippen LogP contribution in [0.4, 0.5) is 4.79 Å². The number of allylic oxidation sites excluding steroid dienone is 4. The fourth-order valence-corrected chi connectivity index (χ4v) is 6.01. The molecule has 224 valence electrons. The lowest BCUT2D eigenvalue weighted by Gasteiger charge is -2.27. The van der Waals surface area contributed by atoms with Gasteiger partial charge in [-0.3, -0.25) is 0 Å². The van der Waals surface area contributed by atoms with Crippen molar-refractivity contribution in [2.24, 2.45) is 11.8 Å². The van der Waals surface area contributed by atoms with Crippen LogP contribution in [0, 0.1) is 11.8 Å². The highest BCUT2D eigenvalue weighted by Crippen LogP contribution is 2.26. The highest BCUT2D eigenvalue weighted by molar-refractivity contribution is 7.99. The number of amides is 1. The van der Waals surface area contributed by atoms with E-state index in [1.807, 2.05) is 50.7 Å². The third-order valence-corrected chi connectivity index (χ3v) is 8.78. The Hall–Kier alpha value is -2.72. The maximum Gasteiger partial charge on any atom is 0.407 e. The van der Waals surface area contributed by atoms with Crippen LogP contribution in [0.25, 0.3) is 5.57 Å². The summed E-state index contributed by atoms with van der Waals surface area (Å²) in [6.07, 6.45) is 13.4. The molecule has 4 heteroatoms. The molecule has 1 amide bonds. The molecule has 0 spiro atoms. The second kappa shape index (κ2) is 18.7. The Labute approximate surface area is 254 Å². The van der Waals surface area contributed by atoms with Crippen molar-refractivity contribution in [2.75, 3.05) is 18.1 Å². The summed E-state index contributed by atoms with van der Waals surface area (Å²) in [7, 11) is 0. The minimum absolute atomic E-state index is 0.377. The molecule has 2 rings (SSSR count). The zero-order valence-corrected chi connectivity index (χ0v) is 27.0. The number of thioether (sulfide) groups is 1. The average Bonchev–Trinajstić information content (AvgIpc) is 2.96. The first-order valence-corrected chi connectivity index (χ1v) is 16.4. The normalized spacial score (nSPS) is 13.9. The van der Waals surface area contributed by atoms with E-state index in [1.165, 1.54) is 24.8 Å². The van der Waals surface area contributed by atoms with Crippen LogP contribution in [0.1, 0.15) is 95.8 Å². The van der Waals surface area contributed by atoms with Crippen LogP contribution in [-0.2, 0) is 10.3 Å². The molecule has 2 aromatic carbocycles. The van der Waals surface area contributed by atoms with Crippen LogP contribution in [-0.4, -0.2) is 24.2 Å². The number of ether oxygens (including phenoxy) is 1. The van der Waals surface area contributed by atoms with Gasteiger partial charge >= 0.3 is 6.09 Å². The Bertz CT molecular complexity index is 1090. The first kappa shape index (κ1) is 34.5. The third-order valence-electron chi connectivity index (χ3n) is 7.80. The Morgan fingerprint density at radius 2 is 1.83 bits per heavy atom. The Kier molecular flexibility index (Phi) is 15.7. The van der Waals surface area contributed by atoms with Crippen molar-refractivity contribution in [3.05, 3.63) is 103 Å². The van der Waals surface area contributed by atoms with Gasteiger partial charge in [0.25, 0.3) is 0 Å². The molecule has 0 aliphatic carbocycles. The van der Waals surface area contributed by atoms with Gasteiger partial charge < -0.3 is 10.1 Å².